The van der Waals surface area contributed by atoms with Gasteiger partial charge in [-0.2, -0.15) is 0 Å². The summed E-state index contributed by atoms with van der Waals surface area (Å²) < 4.78 is 5.32. The van der Waals surface area contributed by atoms with Crippen LogP contribution >= 0.6 is 0 Å². The Bertz CT molecular complexity index is 666. The summed E-state index contributed by atoms with van der Waals surface area (Å²) in [5, 5.41) is 13.5. The molecule has 0 radical (unpaired) electrons. The first-order chi connectivity index (χ1) is 10.5. The fourth-order valence-corrected chi connectivity index (χ4v) is 4.28. The maximum atomic E-state index is 12.5. The van der Waals surface area contributed by atoms with Crippen molar-refractivity contribution in [1.29, 1.82) is 0 Å². The second kappa shape index (κ2) is 4.56. The molecule has 2 aliphatic carbocycles. The molecule has 2 saturated carbocycles. The average molecular weight is 300 g/mol. The lowest BCUT2D eigenvalue weighted by Gasteiger charge is -2.23. The quantitative estimate of drug-likeness (QED) is 0.804. The number of carbonyl (C=O) groups excluding carboxylic acids is 3. The maximum Gasteiger partial charge on any atom is 0.310 e. The van der Waals surface area contributed by atoms with Gasteiger partial charge in [-0.15, -0.1) is 0 Å². The number of ether oxygens (including phenoxy) is 1. The molecule has 1 heterocycles. The summed E-state index contributed by atoms with van der Waals surface area (Å²) in [6.07, 6.45) is 1.66. The zero-order valence-electron chi connectivity index (χ0n) is 11.7. The minimum atomic E-state index is -1.26. The molecule has 2 bridgehead atoms. The number of carbonyl (C=O) groups is 3. The summed E-state index contributed by atoms with van der Waals surface area (Å²) in [6.45, 7) is 0. The third-order valence-corrected chi connectivity index (χ3v) is 5.17. The van der Waals surface area contributed by atoms with Crippen molar-refractivity contribution in [2.45, 2.75) is 18.9 Å². The van der Waals surface area contributed by atoms with Crippen LogP contribution in [0.15, 0.2) is 24.3 Å². The van der Waals surface area contributed by atoms with E-state index in [0.717, 1.165) is 12.8 Å². The number of benzene rings is 1. The minimum Gasteiger partial charge on any atom is -0.545 e. The van der Waals surface area contributed by atoms with Crippen molar-refractivity contribution >= 4 is 23.5 Å². The van der Waals surface area contributed by atoms with E-state index in [9.17, 15) is 19.5 Å². The van der Waals surface area contributed by atoms with Crippen LogP contribution in [0.25, 0.3) is 0 Å². The van der Waals surface area contributed by atoms with Crippen molar-refractivity contribution in [2.75, 3.05) is 5.32 Å². The van der Waals surface area contributed by atoms with Gasteiger partial charge in [-0.05, 0) is 36.5 Å². The number of carboxylic acids is 1. The van der Waals surface area contributed by atoms with Gasteiger partial charge in [0, 0.05) is 11.6 Å². The molecule has 1 aromatic carbocycles. The average Bonchev–Trinajstić information content (AvgIpc) is 3.09. The lowest BCUT2D eigenvalue weighted by Crippen LogP contribution is -2.35. The number of esters is 1. The molecule has 1 amide bonds. The zero-order valence-corrected chi connectivity index (χ0v) is 11.7. The van der Waals surface area contributed by atoms with Crippen LogP contribution in [0.5, 0.6) is 0 Å². The molecule has 22 heavy (non-hydrogen) atoms. The predicted molar refractivity (Wildman–Crippen MR) is 72.5 cm³/mol. The van der Waals surface area contributed by atoms with E-state index in [2.05, 4.69) is 5.32 Å². The number of fused-ring (bicyclic) bond motifs is 1. The van der Waals surface area contributed by atoms with E-state index in [1.165, 1.54) is 24.3 Å². The third kappa shape index (κ3) is 1.83. The Morgan fingerprint density at radius 2 is 1.91 bits per heavy atom. The molecule has 0 spiro atoms. The smallest absolute Gasteiger partial charge is 0.310 e. The first kappa shape index (κ1) is 13.3. The van der Waals surface area contributed by atoms with Crippen LogP contribution in [0.2, 0.25) is 0 Å². The van der Waals surface area contributed by atoms with Gasteiger partial charge in [0.25, 0.3) is 0 Å². The molecule has 3 aliphatic rings. The standard InChI is InChI=1S/C16H15NO5/c18-14(17-9-3-1-7(2-4-9)15(19)20)12-8-5-10-11(6-8)22-16(21)13(10)12/h1-4,8,10-13H,5-6H2,(H,17,18)(H,19,20)/p-1/t8-,10-,11-,12+,13+/m1/s1. The maximum absolute atomic E-state index is 12.5. The fraction of sp³-hybridized carbons (Fsp3) is 0.438. The van der Waals surface area contributed by atoms with Crippen LogP contribution in [0.3, 0.4) is 0 Å². The van der Waals surface area contributed by atoms with E-state index in [4.69, 9.17) is 4.74 Å². The van der Waals surface area contributed by atoms with Crippen molar-refractivity contribution in [2.24, 2.45) is 23.7 Å². The summed E-state index contributed by atoms with van der Waals surface area (Å²) >= 11 is 0. The predicted octanol–water partition coefficient (Wildman–Crippen LogP) is 0.186. The normalized spacial score (nSPS) is 34.5. The molecule has 4 rings (SSSR count). The van der Waals surface area contributed by atoms with Gasteiger partial charge in [0.15, 0.2) is 0 Å². The molecule has 6 nitrogen and oxygen atoms in total. The molecule has 1 aliphatic heterocycles. The van der Waals surface area contributed by atoms with Crippen LogP contribution in [0.4, 0.5) is 5.69 Å². The van der Waals surface area contributed by atoms with Gasteiger partial charge in [-0.25, -0.2) is 0 Å². The van der Waals surface area contributed by atoms with E-state index in [1.54, 1.807) is 0 Å². The number of rotatable bonds is 3. The van der Waals surface area contributed by atoms with E-state index < -0.39 is 5.97 Å². The van der Waals surface area contributed by atoms with Crippen LogP contribution in [-0.4, -0.2) is 23.9 Å². The van der Waals surface area contributed by atoms with Crippen LogP contribution in [-0.2, 0) is 14.3 Å². The molecule has 3 fully saturated rings. The monoisotopic (exact) mass is 300 g/mol. The molecule has 1 N–H and O–H groups in total. The highest BCUT2D eigenvalue weighted by Gasteiger charge is 2.63. The fourth-order valence-electron chi connectivity index (χ4n) is 4.28. The van der Waals surface area contributed by atoms with Gasteiger partial charge in [0.2, 0.25) is 5.91 Å². The highest BCUT2D eigenvalue weighted by molar-refractivity contribution is 5.97. The second-order valence-electron chi connectivity index (χ2n) is 6.28. The highest BCUT2D eigenvalue weighted by Crippen LogP contribution is 2.57. The summed E-state index contributed by atoms with van der Waals surface area (Å²) in [5.41, 5.74) is 0.570. The molecule has 0 aromatic heterocycles. The Kier molecular flexibility index (Phi) is 2.76. The molecule has 114 valence electrons. The first-order valence-electron chi connectivity index (χ1n) is 7.37. The molecule has 6 heteroatoms. The van der Waals surface area contributed by atoms with Gasteiger partial charge in [-0.1, -0.05) is 12.1 Å². The molecule has 5 atom stereocenters. The minimum absolute atomic E-state index is 0.00824. The lowest BCUT2D eigenvalue weighted by atomic mass is 9.79. The number of hydrogen-bond donors (Lipinski definition) is 1. The number of hydrogen-bond acceptors (Lipinski definition) is 5. The number of aromatic carboxylic acids is 1. The topological polar surface area (TPSA) is 95.5 Å². The molecule has 1 saturated heterocycles. The molecular weight excluding hydrogens is 286 g/mol. The summed E-state index contributed by atoms with van der Waals surface area (Å²) in [5.74, 6) is -1.95. The lowest BCUT2D eigenvalue weighted by molar-refractivity contribution is -0.255. The zero-order chi connectivity index (χ0) is 15.4. The van der Waals surface area contributed by atoms with Crippen molar-refractivity contribution in [3.05, 3.63) is 29.8 Å². The number of nitrogens with one attached hydrogen (secondary N) is 1. The molecular formula is C16H14NO5-. The van der Waals surface area contributed by atoms with E-state index in [-0.39, 0.29) is 47.2 Å². The number of amides is 1. The van der Waals surface area contributed by atoms with Crippen molar-refractivity contribution in [3.63, 3.8) is 0 Å². The summed E-state index contributed by atoms with van der Waals surface area (Å²) in [6, 6.07) is 5.80. The largest absolute Gasteiger partial charge is 0.545 e. The van der Waals surface area contributed by atoms with Crippen LogP contribution < -0.4 is 10.4 Å². The van der Waals surface area contributed by atoms with Gasteiger partial charge < -0.3 is 20.0 Å². The SMILES string of the molecule is O=C([O-])c1ccc(NC(=O)[C@H]2[C@@H]3C[C@H]4[C@@H]2C(=O)O[C@@H]4C3)cc1. The van der Waals surface area contributed by atoms with Crippen molar-refractivity contribution in [1.82, 2.24) is 0 Å². The first-order valence-corrected chi connectivity index (χ1v) is 7.37. The van der Waals surface area contributed by atoms with Gasteiger partial charge in [0.05, 0.1) is 17.8 Å². The van der Waals surface area contributed by atoms with E-state index >= 15 is 0 Å². The number of anilines is 1. The van der Waals surface area contributed by atoms with E-state index in [0.29, 0.717) is 5.69 Å². The van der Waals surface area contributed by atoms with Crippen molar-refractivity contribution < 1.29 is 24.2 Å². The van der Waals surface area contributed by atoms with Crippen LogP contribution in [0.1, 0.15) is 23.2 Å². The Morgan fingerprint density at radius 3 is 2.59 bits per heavy atom. The Morgan fingerprint density at radius 1 is 1.18 bits per heavy atom. The molecule has 1 aromatic rings. The second-order valence-corrected chi connectivity index (χ2v) is 6.28. The number of carboxylic acid groups (broad SMARTS) is 1. The summed E-state index contributed by atoms with van der Waals surface area (Å²) in [7, 11) is 0. The highest BCUT2D eigenvalue weighted by atomic mass is 16.6. The van der Waals surface area contributed by atoms with Crippen molar-refractivity contribution in [3.8, 4) is 0 Å². The Labute approximate surface area is 126 Å². The summed E-state index contributed by atoms with van der Waals surface area (Å²) in [4.78, 5) is 35.1. The van der Waals surface area contributed by atoms with Gasteiger partial charge in [0.1, 0.15) is 6.10 Å². The molecule has 0 unspecified atom stereocenters. The van der Waals surface area contributed by atoms with Gasteiger partial charge >= 0.3 is 5.97 Å². The van der Waals surface area contributed by atoms with Gasteiger partial charge in [-0.3, -0.25) is 9.59 Å². The van der Waals surface area contributed by atoms with E-state index in [1.807, 2.05) is 0 Å². The Hall–Kier alpha value is -2.37. The third-order valence-electron chi connectivity index (χ3n) is 5.17. The Balaban J connectivity index is 1.51. The van der Waals surface area contributed by atoms with Crippen LogP contribution in [0, 0.1) is 23.7 Å².